The van der Waals surface area contributed by atoms with Crippen molar-refractivity contribution in [3.63, 3.8) is 0 Å². The number of hydrogen-bond donors (Lipinski definition) is 0. The summed E-state index contributed by atoms with van der Waals surface area (Å²) in [4.78, 5) is 85.6. The average Bonchev–Trinajstić information content (AvgIpc) is 1.66. The maximum atomic E-state index is 12.9. The zero-order valence-corrected chi connectivity index (χ0v) is 72.0. The highest BCUT2D eigenvalue weighted by Crippen LogP contribution is 2.32. The van der Waals surface area contributed by atoms with Gasteiger partial charge in [0.2, 0.25) is 29.4 Å². The van der Waals surface area contributed by atoms with Crippen LogP contribution < -0.4 is 48.2 Å². The van der Waals surface area contributed by atoms with E-state index >= 15 is 0 Å². The van der Waals surface area contributed by atoms with E-state index in [4.69, 9.17) is 23.7 Å². The Kier molecular flexibility index (Phi) is 27.7. The van der Waals surface area contributed by atoms with Crippen LogP contribution >= 0.6 is 0 Å². The number of benzene rings is 7. The largest absolute Gasteiger partial charge is 0.472 e. The zero-order chi connectivity index (χ0) is 88.7. The first-order valence-electron chi connectivity index (χ1n) is 42.2. The number of aromatic nitrogens is 13. The number of carbonyl (C=O) groups is 5. The number of amides is 5. The number of fused-ring (bicyclic) bond motifs is 5. The van der Waals surface area contributed by atoms with E-state index in [-0.39, 0.29) is 49.4 Å². The van der Waals surface area contributed by atoms with Gasteiger partial charge in [0.25, 0.3) is 29.5 Å². The first-order chi connectivity index (χ1) is 62.2. The van der Waals surface area contributed by atoms with Crippen LogP contribution in [0.2, 0.25) is 0 Å². The number of carbonyl (C=O) groups excluding carboxylic acids is 5. The summed E-state index contributed by atoms with van der Waals surface area (Å²) >= 11 is 0. The number of rotatable bonds is 20. The van der Waals surface area contributed by atoms with E-state index in [0.29, 0.717) is 150 Å². The minimum atomic E-state index is -0.284. The van der Waals surface area contributed by atoms with E-state index < -0.39 is 0 Å². The van der Waals surface area contributed by atoms with Crippen LogP contribution in [0.1, 0.15) is 127 Å². The second kappa shape index (κ2) is 40.5. The van der Waals surface area contributed by atoms with Crippen molar-refractivity contribution in [3.8, 4) is 29.4 Å². The molecule has 0 saturated heterocycles. The van der Waals surface area contributed by atoms with Crippen molar-refractivity contribution < 1.29 is 52.0 Å². The number of ether oxygens (including phenoxy) is 5. The van der Waals surface area contributed by atoms with Gasteiger partial charge in [-0.2, -0.15) is 0 Å². The van der Waals surface area contributed by atoms with Gasteiger partial charge in [-0.1, -0.05) is 156 Å². The number of pyridine rings is 3. The summed E-state index contributed by atoms with van der Waals surface area (Å²) in [5.41, 5.74) is 19.7. The molecular weight excluding hydrogens is 1630 g/mol. The second-order valence-electron chi connectivity index (χ2n) is 31.4. The topological polar surface area (TPSA) is 275 Å². The summed E-state index contributed by atoms with van der Waals surface area (Å²) in [5.74, 6) is 1.63. The van der Waals surface area contributed by atoms with Crippen LogP contribution in [0, 0.1) is 54.3 Å². The maximum absolute atomic E-state index is 12.9. The third-order valence-electron chi connectivity index (χ3n) is 21.8. The van der Waals surface area contributed by atoms with Crippen molar-refractivity contribution >= 4 is 58.0 Å². The molecule has 0 fully saturated rings. The number of nitrogens with zero attached hydrogens (tertiary/aromatic N) is 18. The summed E-state index contributed by atoms with van der Waals surface area (Å²) in [6.07, 6.45) is 5.19. The molecule has 0 unspecified atom stereocenters. The van der Waals surface area contributed by atoms with Gasteiger partial charge in [-0.05, 0) is 163 Å². The highest BCUT2D eigenvalue weighted by Gasteiger charge is 2.34. The SMILES string of the molecule is C.Cc1ccc(N2CCn3nc(OCc4ccc(F)cc4)cc3C2=O)cc1.Cc1ccc(N2CCn3nc(OCc4cccc(C)c4)cc3C2=O)cc1.Cc1ccc(N2CCn3nc(OCc4cccc(C)n4)cc3C2=O)cc1.Cc1ccc(N2CCn3nc(OCc4ccccn4)cc3C2=O)cc1.Cc1ccc(N2CCn3nc(OCc4cccnc4)cc3C2=O)cc1. The van der Waals surface area contributed by atoms with Crippen molar-refractivity contribution in [1.82, 2.24) is 63.9 Å². The fourth-order valence-electron chi connectivity index (χ4n) is 14.9. The molecule has 28 nitrogen and oxygen atoms in total. The van der Waals surface area contributed by atoms with E-state index in [1.165, 1.54) is 39.9 Å². The maximum Gasteiger partial charge on any atom is 0.276 e. The Hall–Kier alpha value is -15.7. The second-order valence-corrected chi connectivity index (χ2v) is 31.4. The predicted molar refractivity (Wildman–Crippen MR) is 489 cm³/mol. The number of halogens is 1. The minimum absolute atomic E-state index is 0. The van der Waals surface area contributed by atoms with E-state index in [1.807, 2.05) is 224 Å². The number of hydrogen-bond acceptors (Lipinski definition) is 18. The van der Waals surface area contributed by atoms with Crippen LogP contribution in [-0.4, -0.2) is 126 Å². The van der Waals surface area contributed by atoms with Gasteiger partial charge in [-0.3, -0.25) is 62.3 Å². The molecule has 5 amide bonds. The molecule has 8 aromatic heterocycles. The fraction of sp³-hybridized carbons (Fsp3) is 0.230. The molecule has 0 spiro atoms. The Labute approximate surface area is 746 Å². The van der Waals surface area contributed by atoms with Crippen LogP contribution in [0.4, 0.5) is 32.8 Å². The highest BCUT2D eigenvalue weighted by molar-refractivity contribution is 6.09. The number of anilines is 5. The number of aryl methyl sites for hydroxylation is 7. The molecule has 0 bridgehead atoms. The normalized spacial score (nSPS) is 13.5. The molecule has 0 aliphatic carbocycles. The Morgan fingerprint density at radius 2 is 0.605 bits per heavy atom. The van der Waals surface area contributed by atoms with Gasteiger partial charge in [0.15, 0.2) is 0 Å². The molecule has 7 aromatic carbocycles. The third kappa shape index (κ3) is 21.8. The summed E-state index contributed by atoms with van der Waals surface area (Å²) < 4.78 is 50.1. The fourth-order valence-corrected chi connectivity index (χ4v) is 14.9. The molecule has 129 heavy (non-hydrogen) atoms. The molecule has 0 radical (unpaired) electrons. The van der Waals surface area contributed by atoms with Crippen LogP contribution in [0.5, 0.6) is 29.4 Å². The Morgan fingerprint density at radius 1 is 0.287 bits per heavy atom. The average molecular weight is 1730 g/mol. The monoisotopic (exact) mass is 1730 g/mol. The predicted octanol–water partition coefficient (Wildman–Crippen LogP) is 16.7. The molecule has 0 atom stereocenters. The standard InChI is InChI=1S/C21H21N3O2.C20H18FN3O2.C20H20N4O2.2C19H18N4O2.CH4/c1-15-6-8-18(9-7-15)23-10-11-24-19(21(23)25)13-20(22-24)26-14-17-5-3-4-16(2)12-17;1-14-2-8-17(9-3-14)23-10-11-24-18(20(23)25)12-19(22-24)26-13-15-4-6-16(21)7-5-15;1-14-6-8-17(9-7-14)23-10-11-24-18(20(23)25)12-19(22-24)26-13-16-5-3-4-15(2)21-16;1-14-4-6-16(7-5-14)22-9-10-23-17(19(22)24)11-18(21-23)25-13-15-3-2-8-20-12-15;1-14-5-7-16(8-6-14)22-10-11-23-17(19(22)24)12-18(21-23)25-13-15-4-2-3-9-20-15;/h3-9,12-13H,10-11,14H2,1-2H3;2-9,12H,10-11,13H2,1H3;3-9,12H,10-11,13H2,1-2H3;2-8,11-12H,9-10,13H2,1H3;2-9,12H,10-11,13H2,1H3;1H4. The lowest BCUT2D eigenvalue weighted by Gasteiger charge is -2.27. The Morgan fingerprint density at radius 3 is 0.930 bits per heavy atom. The van der Waals surface area contributed by atoms with Gasteiger partial charge in [-0.25, -0.2) is 4.39 Å². The van der Waals surface area contributed by atoms with Gasteiger partial charge >= 0.3 is 0 Å². The lowest BCUT2D eigenvalue weighted by molar-refractivity contribution is 0.0954. The highest BCUT2D eigenvalue weighted by atomic mass is 19.1. The summed E-state index contributed by atoms with van der Waals surface area (Å²) in [5, 5.41) is 21.9. The van der Waals surface area contributed by atoms with Crippen molar-refractivity contribution in [2.75, 3.05) is 57.2 Å². The van der Waals surface area contributed by atoms with Crippen LogP contribution in [0.15, 0.2) is 267 Å². The summed E-state index contributed by atoms with van der Waals surface area (Å²) in [7, 11) is 0. The molecular formula is C100H99FN18O10. The van der Waals surface area contributed by atoms with E-state index in [9.17, 15) is 28.4 Å². The van der Waals surface area contributed by atoms with E-state index in [1.54, 1.807) is 109 Å². The third-order valence-corrected chi connectivity index (χ3v) is 21.8. The van der Waals surface area contributed by atoms with Crippen molar-refractivity contribution in [2.24, 2.45) is 0 Å². The van der Waals surface area contributed by atoms with Crippen LogP contribution in [-0.2, 0) is 65.8 Å². The Balaban J connectivity index is 0.000000124. The van der Waals surface area contributed by atoms with Gasteiger partial charge < -0.3 is 48.2 Å². The Bertz CT molecular complexity index is 6090. The summed E-state index contributed by atoms with van der Waals surface area (Å²) in [6, 6.07) is 77.8. The van der Waals surface area contributed by atoms with E-state index in [0.717, 1.165) is 67.8 Å². The van der Waals surface area contributed by atoms with Gasteiger partial charge in [0.1, 0.15) is 67.3 Å². The molecule has 0 saturated carbocycles. The molecule has 5 aliphatic rings. The van der Waals surface area contributed by atoms with E-state index in [2.05, 4.69) is 59.5 Å². The molecule has 20 rings (SSSR count). The van der Waals surface area contributed by atoms with Crippen molar-refractivity contribution in [1.29, 1.82) is 0 Å². The zero-order valence-electron chi connectivity index (χ0n) is 72.0. The summed E-state index contributed by atoms with van der Waals surface area (Å²) in [6.45, 7) is 22.0. The van der Waals surface area contributed by atoms with Crippen LogP contribution in [0.25, 0.3) is 0 Å². The molecule has 656 valence electrons. The first kappa shape index (κ1) is 88.2. The molecule has 15 aromatic rings. The first-order valence-corrected chi connectivity index (χ1v) is 42.2. The minimum Gasteiger partial charge on any atom is -0.472 e. The molecule has 13 heterocycles. The van der Waals surface area contributed by atoms with Gasteiger partial charge in [0.05, 0.1) is 44.1 Å². The lowest BCUT2D eigenvalue weighted by atomic mass is 10.1. The van der Waals surface area contributed by atoms with Crippen LogP contribution in [0.3, 0.4) is 0 Å². The quantitative estimate of drug-likeness (QED) is 0.0685. The molecule has 29 heteroatoms. The smallest absolute Gasteiger partial charge is 0.276 e. The van der Waals surface area contributed by atoms with Gasteiger partial charge in [-0.15, -0.1) is 25.5 Å². The van der Waals surface area contributed by atoms with Crippen molar-refractivity contribution in [2.45, 2.75) is 122 Å². The lowest BCUT2D eigenvalue weighted by Crippen LogP contribution is -2.40. The molecule has 5 aliphatic heterocycles. The van der Waals surface area contributed by atoms with Gasteiger partial charge in [0, 0.05) is 121 Å². The van der Waals surface area contributed by atoms with Crippen molar-refractivity contribution in [3.05, 3.63) is 369 Å². The molecule has 0 N–H and O–H groups in total.